The Bertz CT molecular complexity index is 1290. The molecule has 2 aliphatic heterocycles. The van der Waals surface area contributed by atoms with Crippen molar-refractivity contribution in [1.82, 2.24) is 19.5 Å². The first-order chi connectivity index (χ1) is 20.6. The molecule has 0 amide bonds. The van der Waals surface area contributed by atoms with Crippen LogP contribution < -0.4 is 10.2 Å². The summed E-state index contributed by atoms with van der Waals surface area (Å²) in [5.41, 5.74) is 1.08. The summed E-state index contributed by atoms with van der Waals surface area (Å²) in [7, 11) is 0. The molecule has 1 N–H and O–H groups in total. The zero-order valence-corrected chi connectivity index (χ0v) is 23.9. The van der Waals surface area contributed by atoms with E-state index in [1.165, 1.54) is 11.0 Å². The molecule has 3 aromatic rings. The molecular weight excluding hydrogens is 546 g/mol. The fourth-order valence-electron chi connectivity index (χ4n) is 5.90. The Morgan fingerprint density at radius 1 is 0.929 bits per heavy atom. The SMILES string of the molecule is FC(F)c1nc2ccccc2n1-c1cc(N[C@H]2CC[C@H](OCCCOC3CCCCO3)CC2)nc(N2CCOCC2)n1. The Balaban J connectivity index is 1.11. The number of nitrogens with zero attached hydrogens (tertiary/aromatic N) is 5. The van der Waals surface area contributed by atoms with Crippen molar-refractivity contribution in [2.45, 2.75) is 76.2 Å². The van der Waals surface area contributed by atoms with Gasteiger partial charge >= 0.3 is 0 Å². The van der Waals surface area contributed by atoms with Gasteiger partial charge in [0.1, 0.15) is 11.6 Å². The predicted molar refractivity (Wildman–Crippen MR) is 154 cm³/mol. The van der Waals surface area contributed by atoms with Gasteiger partial charge in [0.05, 0.1) is 37.0 Å². The van der Waals surface area contributed by atoms with Gasteiger partial charge in [-0.1, -0.05) is 12.1 Å². The molecule has 3 aliphatic rings. The van der Waals surface area contributed by atoms with Crippen molar-refractivity contribution < 1.29 is 27.7 Å². The number of aromatic nitrogens is 4. The molecule has 10 nitrogen and oxygen atoms in total. The number of halogens is 2. The van der Waals surface area contributed by atoms with Gasteiger partial charge in [0.15, 0.2) is 12.1 Å². The molecule has 6 rings (SSSR count). The largest absolute Gasteiger partial charge is 0.378 e. The zero-order chi connectivity index (χ0) is 28.7. The smallest absolute Gasteiger partial charge is 0.296 e. The molecule has 1 saturated carbocycles. The lowest BCUT2D eigenvalue weighted by molar-refractivity contribution is -0.164. The maximum absolute atomic E-state index is 14.1. The second-order valence-electron chi connectivity index (χ2n) is 11.1. The average molecular weight is 587 g/mol. The first-order valence-corrected chi connectivity index (χ1v) is 15.2. The van der Waals surface area contributed by atoms with E-state index in [0.717, 1.165) is 51.6 Å². The standard InChI is InChI=1S/C30H40F2N6O4/c31-28(32)29-34-23-6-1-2-7-24(23)38(29)26-20-25(35-30(36-26)37-13-18-39-19-14-37)33-21-9-11-22(12-10-21)40-16-5-17-42-27-8-3-4-15-41-27/h1-2,6-7,20-22,27-28H,3-5,8-19H2,(H,33,35,36)/t21-,22-,27?. The number of morpholine rings is 1. The van der Waals surface area contributed by atoms with Crippen LogP contribution in [0.1, 0.15) is 63.6 Å². The molecule has 12 heteroatoms. The summed E-state index contributed by atoms with van der Waals surface area (Å²) in [6.45, 7) is 4.53. The van der Waals surface area contributed by atoms with E-state index < -0.39 is 6.43 Å². The molecule has 3 fully saturated rings. The van der Waals surface area contributed by atoms with Crippen LogP contribution in [0.25, 0.3) is 16.9 Å². The van der Waals surface area contributed by atoms with Crippen molar-refractivity contribution in [2.75, 3.05) is 56.3 Å². The van der Waals surface area contributed by atoms with Crippen LogP contribution in [0, 0.1) is 0 Å². The van der Waals surface area contributed by atoms with Crippen LogP contribution in [-0.4, -0.2) is 84.1 Å². The molecule has 4 heterocycles. The first kappa shape index (κ1) is 29.2. The van der Waals surface area contributed by atoms with E-state index in [2.05, 4.69) is 10.3 Å². The van der Waals surface area contributed by atoms with Crippen molar-refractivity contribution in [3.05, 3.63) is 36.2 Å². The quantitative estimate of drug-likeness (QED) is 0.302. The Hall–Kier alpha value is -2.93. The highest BCUT2D eigenvalue weighted by atomic mass is 19.3. The minimum absolute atomic E-state index is 0.0548. The van der Waals surface area contributed by atoms with Gasteiger partial charge in [0.2, 0.25) is 5.95 Å². The van der Waals surface area contributed by atoms with E-state index in [1.54, 1.807) is 24.3 Å². The van der Waals surface area contributed by atoms with Crippen LogP contribution in [0.3, 0.4) is 0 Å². The zero-order valence-electron chi connectivity index (χ0n) is 23.9. The third-order valence-electron chi connectivity index (χ3n) is 8.12. The number of imidazole rings is 1. The fourth-order valence-corrected chi connectivity index (χ4v) is 5.90. The number of ether oxygens (including phenoxy) is 4. The van der Waals surface area contributed by atoms with Crippen molar-refractivity contribution in [3.63, 3.8) is 0 Å². The summed E-state index contributed by atoms with van der Waals surface area (Å²) in [6.07, 6.45) is 5.29. The van der Waals surface area contributed by atoms with Crippen LogP contribution in [0.5, 0.6) is 0 Å². The third kappa shape index (κ3) is 7.16. The number of fused-ring (bicyclic) bond motifs is 1. The lowest BCUT2D eigenvalue weighted by atomic mass is 9.93. The van der Waals surface area contributed by atoms with Gasteiger partial charge in [-0.25, -0.2) is 13.8 Å². The maximum atomic E-state index is 14.1. The van der Waals surface area contributed by atoms with Crippen LogP contribution in [0.2, 0.25) is 0 Å². The number of alkyl halides is 2. The number of para-hydroxylation sites is 2. The van der Waals surface area contributed by atoms with Crippen molar-refractivity contribution in [1.29, 1.82) is 0 Å². The lowest BCUT2D eigenvalue weighted by Gasteiger charge is -2.31. The van der Waals surface area contributed by atoms with Crippen molar-refractivity contribution in [2.24, 2.45) is 0 Å². The highest BCUT2D eigenvalue weighted by molar-refractivity contribution is 5.78. The van der Waals surface area contributed by atoms with Gasteiger partial charge < -0.3 is 29.2 Å². The molecule has 228 valence electrons. The van der Waals surface area contributed by atoms with E-state index in [-0.39, 0.29) is 24.3 Å². The Labute approximate surface area is 244 Å². The van der Waals surface area contributed by atoms with Crippen molar-refractivity contribution in [3.8, 4) is 5.82 Å². The Kier molecular flexibility index (Phi) is 9.74. The molecule has 0 bridgehead atoms. The van der Waals surface area contributed by atoms with Crippen LogP contribution in [0.15, 0.2) is 30.3 Å². The minimum atomic E-state index is -2.75. The highest BCUT2D eigenvalue weighted by Crippen LogP contribution is 2.30. The molecule has 2 aromatic heterocycles. The van der Waals surface area contributed by atoms with E-state index in [9.17, 15) is 8.78 Å². The predicted octanol–water partition coefficient (Wildman–Crippen LogP) is 5.26. The molecule has 42 heavy (non-hydrogen) atoms. The number of anilines is 2. The van der Waals surface area contributed by atoms with E-state index >= 15 is 0 Å². The van der Waals surface area contributed by atoms with Gasteiger partial charge in [-0.05, 0) is 63.5 Å². The minimum Gasteiger partial charge on any atom is -0.378 e. The molecule has 2 saturated heterocycles. The number of hydrogen-bond acceptors (Lipinski definition) is 9. The van der Waals surface area contributed by atoms with Gasteiger partial charge in [0.25, 0.3) is 6.43 Å². The van der Waals surface area contributed by atoms with Gasteiger partial charge in [0, 0.05) is 38.4 Å². The maximum Gasteiger partial charge on any atom is 0.296 e. The van der Waals surface area contributed by atoms with Crippen molar-refractivity contribution >= 4 is 22.8 Å². The lowest BCUT2D eigenvalue weighted by Crippen LogP contribution is -2.38. The highest BCUT2D eigenvalue weighted by Gasteiger charge is 2.26. The van der Waals surface area contributed by atoms with Crippen LogP contribution in [-0.2, 0) is 18.9 Å². The molecule has 1 aromatic carbocycles. The number of nitrogens with one attached hydrogen (secondary N) is 1. The Morgan fingerprint density at radius 3 is 2.52 bits per heavy atom. The molecule has 1 aliphatic carbocycles. The van der Waals surface area contributed by atoms with Crippen LogP contribution in [0.4, 0.5) is 20.5 Å². The van der Waals surface area contributed by atoms with E-state index in [0.29, 0.717) is 68.1 Å². The average Bonchev–Trinajstić information content (AvgIpc) is 3.43. The van der Waals surface area contributed by atoms with Crippen LogP contribution >= 0.6 is 0 Å². The summed E-state index contributed by atoms with van der Waals surface area (Å²) in [4.78, 5) is 15.8. The van der Waals surface area contributed by atoms with E-state index in [1.807, 2.05) is 11.0 Å². The molecule has 1 unspecified atom stereocenters. The first-order valence-electron chi connectivity index (χ1n) is 15.2. The molecule has 0 radical (unpaired) electrons. The summed E-state index contributed by atoms with van der Waals surface area (Å²) >= 11 is 0. The molecular formula is C30H40F2N6O4. The summed E-state index contributed by atoms with van der Waals surface area (Å²) in [5.74, 6) is 1.15. The van der Waals surface area contributed by atoms with Gasteiger partial charge in [-0.15, -0.1) is 0 Å². The number of hydrogen-bond donors (Lipinski definition) is 1. The molecule has 0 spiro atoms. The third-order valence-corrected chi connectivity index (χ3v) is 8.12. The summed E-state index contributed by atoms with van der Waals surface area (Å²) < 4.78 is 52.8. The number of rotatable bonds is 11. The summed E-state index contributed by atoms with van der Waals surface area (Å²) in [5, 5.41) is 3.57. The molecule has 1 atom stereocenters. The second kappa shape index (κ2) is 14.0. The second-order valence-corrected chi connectivity index (χ2v) is 11.1. The Morgan fingerprint density at radius 2 is 1.74 bits per heavy atom. The van der Waals surface area contributed by atoms with Gasteiger partial charge in [-0.2, -0.15) is 9.97 Å². The summed E-state index contributed by atoms with van der Waals surface area (Å²) in [6, 6.07) is 9.09. The fraction of sp³-hybridized carbons (Fsp3) is 0.633. The van der Waals surface area contributed by atoms with Gasteiger partial charge in [-0.3, -0.25) is 4.57 Å². The number of benzene rings is 1. The monoisotopic (exact) mass is 586 g/mol. The topological polar surface area (TPSA) is 95.8 Å². The van der Waals surface area contributed by atoms with E-state index in [4.69, 9.17) is 28.9 Å². The normalized spacial score (nSPS) is 23.5.